The molecule has 2 N–H and O–H groups in total. The van der Waals surface area contributed by atoms with Gasteiger partial charge in [-0.2, -0.15) is 4.31 Å². The van der Waals surface area contributed by atoms with E-state index in [1.807, 2.05) is 0 Å². The number of sulfonamides is 1. The van der Waals surface area contributed by atoms with Crippen LogP contribution in [0.3, 0.4) is 0 Å². The third kappa shape index (κ3) is 2.84. The molecule has 1 unspecified atom stereocenters. The number of morpholine rings is 1. The van der Waals surface area contributed by atoms with E-state index in [4.69, 9.17) is 22.1 Å². The highest BCUT2D eigenvalue weighted by Gasteiger charge is 2.32. The van der Waals surface area contributed by atoms with Gasteiger partial charge in [-0.3, -0.25) is 0 Å². The lowest BCUT2D eigenvalue weighted by atomic mass is 10.3. The standard InChI is InChI=1S/C11H14ClFN2O3S/c1-7-6-15(2-3-18-7)19(16,17)10-5-8(14)4-9(12)11(10)13/h4-5,7H,2-3,6,14H2,1H3. The molecule has 8 heteroatoms. The van der Waals surface area contributed by atoms with E-state index in [-0.39, 0.29) is 36.5 Å². The lowest BCUT2D eigenvalue weighted by Gasteiger charge is -2.30. The van der Waals surface area contributed by atoms with Crippen LogP contribution in [-0.4, -0.2) is 38.5 Å². The van der Waals surface area contributed by atoms with Crippen LogP contribution in [0.5, 0.6) is 0 Å². The van der Waals surface area contributed by atoms with Gasteiger partial charge in [-0.15, -0.1) is 0 Å². The van der Waals surface area contributed by atoms with Gasteiger partial charge in [0.1, 0.15) is 4.90 Å². The topological polar surface area (TPSA) is 72.6 Å². The Morgan fingerprint density at radius 1 is 1.53 bits per heavy atom. The normalized spacial score (nSPS) is 21.5. The molecule has 0 aliphatic carbocycles. The molecule has 1 aromatic rings. The third-order valence-electron chi connectivity index (χ3n) is 2.84. The average Bonchev–Trinajstić information content (AvgIpc) is 2.33. The van der Waals surface area contributed by atoms with Crippen LogP contribution in [0, 0.1) is 5.82 Å². The number of ether oxygens (including phenoxy) is 1. The van der Waals surface area contributed by atoms with Crippen LogP contribution in [0.1, 0.15) is 6.92 Å². The Morgan fingerprint density at radius 3 is 2.84 bits per heavy atom. The predicted molar refractivity (Wildman–Crippen MR) is 70.0 cm³/mol. The van der Waals surface area contributed by atoms with Crippen molar-refractivity contribution in [1.82, 2.24) is 4.31 Å². The van der Waals surface area contributed by atoms with E-state index >= 15 is 0 Å². The molecule has 0 aromatic heterocycles. The van der Waals surface area contributed by atoms with Gasteiger partial charge >= 0.3 is 0 Å². The Morgan fingerprint density at radius 2 is 2.21 bits per heavy atom. The summed E-state index contributed by atoms with van der Waals surface area (Å²) in [6.07, 6.45) is -0.233. The first kappa shape index (κ1) is 14.5. The zero-order valence-electron chi connectivity index (χ0n) is 10.3. The maximum absolute atomic E-state index is 13.9. The van der Waals surface area contributed by atoms with Crippen LogP contribution in [0.2, 0.25) is 5.02 Å². The van der Waals surface area contributed by atoms with Crippen LogP contribution in [0.4, 0.5) is 10.1 Å². The monoisotopic (exact) mass is 308 g/mol. The SMILES string of the molecule is CC1CN(S(=O)(=O)c2cc(N)cc(Cl)c2F)CCO1. The van der Waals surface area contributed by atoms with E-state index < -0.39 is 20.7 Å². The molecule has 2 rings (SSSR count). The quantitative estimate of drug-likeness (QED) is 0.840. The zero-order valence-corrected chi connectivity index (χ0v) is 11.8. The van der Waals surface area contributed by atoms with Crippen molar-refractivity contribution in [3.05, 3.63) is 23.0 Å². The number of hydrogen-bond acceptors (Lipinski definition) is 4. The van der Waals surface area contributed by atoms with Crippen molar-refractivity contribution in [3.8, 4) is 0 Å². The van der Waals surface area contributed by atoms with Crippen molar-refractivity contribution in [2.24, 2.45) is 0 Å². The summed E-state index contributed by atoms with van der Waals surface area (Å²) in [5.41, 5.74) is 5.63. The van der Waals surface area contributed by atoms with Gasteiger partial charge in [-0.05, 0) is 19.1 Å². The summed E-state index contributed by atoms with van der Waals surface area (Å²) >= 11 is 5.63. The first-order valence-electron chi connectivity index (χ1n) is 5.68. The minimum absolute atomic E-state index is 0.103. The Bertz CT molecular complexity index is 594. The second-order valence-corrected chi connectivity index (χ2v) is 6.67. The summed E-state index contributed by atoms with van der Waals surface area (Å²) in [6.45, 7) is 2.38. The Balaban J connectivity index is 2.45. The largest absolute Gasteiger partial charge is 0.399 e. The van der Waals surface area contributed by atoms with Crippen molar-refractivity contribution < 1.29 is 17.5 Å². The number of nitrogens with zero attached hydrogens (tertiary/aromatic N) is 1. The van der Waals surface area contributed by atoms with Gasteiger partial charge in [0.25, 0.3) is 0 Å². The molecule has 0 bridgehead atoms. The van der Waals surface area contributed by atoms with Gasteiger partial charge in [0.05, 0.1) is 17.7 Å². The van der Waals surface area contributed by atoms with E-state index in [2.05, 4.69) is 0 Å². The number of hydrogen-bond donors (Lipinski definition) is 1. The number of benzene rings is 1. The zero-order chi connectivity index (χ0) is 14.2. The van der Waals surface area contributed by atoms with Crippen molar-refractivity contribution in [2.75, 3.05) is 25.4 Å². The number of halogens is 2. The molecule has 1 saturated heterocycles. The summed E-state index contributed by atoms with van der Waals surface area (Å²) in [7, 11) is -3.96. The Hall–Kier alpha value is -0.890. The van der Waals surface area contributed by atoms with Gasteiger partial charge < -0.3 is 10.5 Å². The van der Waals surface area contributed by atoms with Crippen molar-refractivity contribution in [3.63, 3.8) is 0 Å². The molecule has 1 aromatic carbocycles. The summed E-state index contributed by atoms with van der Waals surface area (Å²) in [6, 6.07) is 2.26. The van der Waals surface area contributed by atoms with Gasteiger partial charge in [-0.1, -0.05) is 11.6 Å². The fourth-order valence-corrected chi connectivity index (χ4v) is 3.82. The van der Waals surface area contributed by atoms with Crippen LogP contribution in [0.25, 0.3) is 0 Å². The van der Waals surface area contributed by atoms with E-state index in [0.29, 0.717) is 0 Å². The first-order chi connectivity index (χ1) is 8.82. The van der Waals surface area contributed by atoms with Crippen LogP contribution in [-0.2, 0) is 14.8 Å². The fraction of sp³-hybridized carbons (Fsp3) is 0.455. The molecule has 0 radical (unpaired) electrons. The molecule has 0 spiro atoms. The van der Waals surface area contributed by atoms with Crippen LogP contribution >= 0.6 is 11.6 Å². The highest BCUT2D eigenvalue weighted by atomic mass is 35.5. The predicted octanol–water partition coefficient (Wildman–Crippen LogP) is 1.47. The first-order valence-corrected chi connectivity index (χ1v) is 7.50. The summed E-state index contributed by atoms with van der Waals surface area (Å²) in [5, 5.41) is -0.306. The molecule has 1 aliphatic heterocycles. The highest BCUT2D eigenvalue weighted by molar-refractivity contribution is 7.89. The minimum Gasteiger partial charge on any atom is -0.399 e. The van der Waals surface area contributed by atoms with Crippen molar-refractivity contribution in [2.45, 2.75) is 17.9 Å². The number of rotatable bonds is 2. The highest BCUT2D eigenvalue weighted by Crippen LogP contribution is 2.28. The van der Waals surface area contributed by atoms with Crippen molar-refractivity contribution in [1.29, 1.82) is 0 Å². The van der Waals surface area contributed by atoms with E-state index in [0.717, 1.165) is 6.07 Å². The van der Waals surface area contributed by atoms with E-state index in [9.17, 15) is 12.8 Å². The maximum Gasteiger partial charge on any atom is 0.246 e. The molecule has 1 aliphatic rings. The van der Waals surface area contributed by atoms with Crippen LogP contribution in [0.15, 0.2) is 17.0 Å². The molecule has 1 fully saturated rings. The summed E-state index contributed by atoms with van der Waals surface area (Å²) < 4.78 is 45.1. The second-order valence-electron chi connectivity index (χ2n) is 4.36. The van der Waals surface area contributed by atoms with Crippen LogP contribution < -0.4 is 5.73 Å². The molecular formula is C11H14ClFN2O3S. The molecular weight excluding hydrogens is 295 g/mol. The Labute approximate surface area is 116 Å². The van der Waals surface area contributed by atoms with E-state index in [1.165, 1.54) is 10.4 Å². The lowest BCUT2D eigenvalue weighted by molar-refractivity contribution is 0.0101. The molecule has 1 heterocycles. The number of nitrogens with two attached hydrogens (primary N) is 1. The number of nitrogen functional groups attached to an aromatic ring is 1. The second kappa shape index (κ2) is 5.24. The minimum atomic E-state index is -3.96. The summed E-state index contributed by atoms with van der Waals surface area (Å²) in [5.74, 6) is -0.977. The summed E-state index contributed by atoms with van der Waals surface area (Å²) in [4.78, 5) is -0.494. The maximum atomic E-state index is 13.9. The smallest absolute Gasteiger partial charge is 0.246 e. The van der Waals surface area contributed by atoms with Gasteiger partial charge in [0, 0.05) is 18.8 Å². The van der Waals surface area contributed by atoms with E-state index in [1.54, 1.807) is 6.92 Å². The van der Waals surface area contributed by atoms with Gasteiger partial charge in [0.15, 0.2) is 5.82 Å². The van der Waals surface area contributed by atoms with Gasteiger partial charge in [-0.25, -0.2) is 12.8 Å². The molecule has 1 atom stereocenters. The lowest BCUT2D eigenvalue weighted by Crippen LogP contribution is -2.44. The molecule has 19 heavy (non-hydrogen) atoms. The van der Waals surface area contributed by atoms with Crippen molar-refractivity contribution >= 4 is 27.3 Å². The molecule has 5 nitrogen and oxygen atoms in total. The third-order valence-corrected chi connectivity index (χ3v) is 4.98. The molecule has 106 valence electrons. The number of anilines is 1. The average molecular weight is 309 g/mol. The fourth-order valence-electron chi connectivity index (χ4n) is 1.92. The molecule has 0 saturated carbocycles. The Kier molecular flexibility index (Phi) is 4.00. The van der Waals surface area contributed by atoms with Gasteiger partial charge in [0.2, 0.25) is 10.0 Å². The molecule has 0 amide bonds.